The van der Waals surface area contributed by atoms with Gasteiger partial charge in [0.05, 0.1) is 13.1 Å². The Kier molecular flexibility index (Phi) is 4.67. The van der Waals surface area contributed by atoms with Gasteiger partial charge in [0.15, 0.2) is 6.29 Å². The minimum Gasteiger partial charge on any atom is -0.368 e. The molecule has 0 saturated heterocycles. The van der Waals surface area contributed by atoms with Crippen LogP contribution in [0.2, 0.25) is 5.02 Å². The maximum Gasteiger partial charge on any atom is 0.236 e. The monoisotopic (exact) mass is 269 g/mol. The quantitative estimate of drug-likeness (QED) is 0.705. The number of rotatable bonds is 6. The summed E-state index contributed by atoms with van der Waals surface area (Å²) < 4.78 is 0. The number of hydrogen-bond acceptors (Lipinski definition) is 4. The van der Waals surface area contributed by atoms with Crippen LogP contribution in [0.3, 0.4) is 0 Å². The lowest BCUT2D eigenvalue weighted by Gasteiger charge is -2.23. The van der Waals surface area contributed by atoms with E-state index in [-0.39, 0.29) is 18.7 Å². The fourth-order valence-electron chi connectivity index (χ4n) is 1.51. The smallest absolute Gasteiger partial charge is 0.236 e. The molecule has 0 aliphatic heterocycles. The average Bonchev–Trinajstić information content (AvgIpc) is 2.26. The number of benzene rings is 1. The van der Waals surface area contributed by atoms with Crippen molar-refractivity contribution >= 4 is 35.4 Å². The molecule has 0 aliphatic rings. The summed E-state index contributed by atoms with van der Waals surface area (Å²) in [4.78, 5) is 34.2. The van der Waals surface area contributed by atoms with Gasteiger partial charge in [-0.2, -0.15) is 0 Å². The van der Waals surface area contributed by atoms with Crippen LogP contribution < -0.4 is 16.4 Å². The van der Waals surface area contributed by atoms with Crippen molar-refractivity contribution in [3.05, 3.63) is 28.8 Å². The summed E-state index contributed by atoms with van der Waals surface area (Å²) >= 11 is 5.75. The lowest BCUT2D eigenvalue weighted by atomic mass is 10.1. The largest absolute Gasteiger partial charge is 0.368 e. The topological polar surface area (TPSA) is 106 Å². The Bertz CT molecular complexity index is 474. The van der Waals surface area contributed by atoms with E-state index in [4.69, 9.17) is 23.1 Å². The first-order valence-electron chi connectivity index (χ1n) is 5.00. The second-order valence-electron chi connectivity index (χ2n) is 3.61. The molecule has 1 aromatic carbocycles. The molecule has 0 aromatic heterocycles. The van der Waals surface area contributed by atoms with Crippen molar-refractivity contribution < 1.29 is 14.4 Å². The summed E-state index contributed by atoms with van der Waals surface area (Å²) in [6, 6.07) is 4.50. The van der Waals surface area contributed by atoms with Gasteiger partial charge in [0.2, 0.25) is 11.8 Å². The third-order valence-electron chi connectivity index (χ3n) is 2.15. The SMILES string of the molecule is NC(=O)CN(CC(N)=O)c1ccc(Cl)cc1C=O. The van der Waals surface area contributed by atoms with Crippen molar-refractivity contribution in [2.75, 3.05) is 18.0 Å². The van der Waals surface area contributed by atoms with Crippen molar-refractivity contribution in [3.63, 3.8) is 0 Å². The van der Waals surface area contributed by atoms with Crippen molar-refractivity contribution in [2.45, 2.75) is 0 Å². The minimum absolute atomic E-state index is 0.217. The first-order chi connectivity index (χ1) is 8.43. The lowest BCUT2D eigenvalue weighted by Crippen LogP contribution is -2.40. The summed E-state index contributed by atoms with van der Waals surface area (Å²) in [7, 11) is 0. The number of carbonyl (C=O) groups is 3. The van der Waals surface area contributed by atoms with Crippen molar-refractivity contribution in [1.82, 2.24) is 0 Å². The summed E-state index contributed by atoms with van der Waals surface area (Å²) in [6.07, 6.45) is 0.580. The van der Waals surface area contributed by atoms with Gasteiger partial charge in [0.1, 0.15) is 0 Å². The van der Waals surface area contributed by atoms with E-state index < -0.39 is 11.8 Å². The Morgan fingerprint density at radius 2 is 1.78 bits per heavy atom. The van der Waals surface area contributed by atoms with Crippen molar-refractivity contribution in [3.8, 4) is 0 Å². The van der Waals surface area contributed by atoms with Crippen LogP contribution in [0.4, 0.5) is 5.69 Å². The van der Waals surface area contributed by atoms with Gasteiger partial charge in [-0.05, 0) is 18.2 Å². The molecule has 6 nitrogen and oxygen atoms in total. The van der Waals surface area contributed by atoms with Gasteiger partial charge < -0.3 is 16.4 Å². The van der Waals surface area contributed by atoms with Crippen LogP contribution in [0.5, 0.6) is 0 Å². The van der Waals surface area contributed by atoms with Gasteiger partial charge >= 0.3 is 0 Å². The summed E-state index contributed by atoms with van der Waals surface area (Å²) in [5.74, 6) is -1.27. The second-order valence-corrected chi connectivity index (χ2v) is 4.05. The summed E-state index contributed by atoms with van der Waals surface area (Å²) in [6.45, 7) is -0.434. The van der Waals surface area contributed by atoms with E-state index >= 15 is 0 Å². The zero-order chi connectivity index (χ0) is 13.7. The molecule has 0 heterocycles. The van der Waals surface area contributed by atoms with E-state index in [0.29, 0.717) is 17.0 Å². The molecule has 0 saturated carbocycles. The number of halogens is 1. The zero-order valence-corrected chi connectivity index (χ0v) is 10.2. The van der Waals surface area contributed by atoms with Crippen LogP contribution in [0, 0.1) is 0 Å². The molecular formula is C11H12ClN3O3. The Labute approximate surface area is 108 Å². The highest BCUT2D eigenvalue weighted by molar-refractivity contribution is 6.31. The van der Waals surface area contributed by atoms with Crippen LogP contribution in [-0.4, -0.2) is 31.2 Å². The van der Waals surface area contributed by atoms with Crippen molar-refractivity contribution in [1.29, 1.82) is 0 Å². The Hall–Kier alpha value is -2.08. The van der Waals surface area contributed by atoms with Gasteiger partial charge in [-0.3, -0.25) is 14.4 Å². The van der Waals surface area contributed by atoms with E-state index in [1.54, 1.807) is 6.07 Å². The standard InChI is InChI=1S/C11H12ClN3O3/c12-8-1-2-9(7(3-8)6-16)15(4-10(13)17)5-11(14)18/h1-3,6H,4-5H2,(H2,13,17)(H2,14,18). The predicted octanol–water partition coefficient (Wildman–Crippen LogP) is -0.0705. The summed E-state index contributed by atoms with van der Waals surface area (Å²) in [5.41, 5.74) is 10.8. The fourth-order valence-corrected chi connectivity index (χ4v) is 1.69. The first-order valence-corrected chi connectivity index (χ1v) is 5.38. The number of aldehydes is 1. The van der Waals surface area contributed by atoms with E-state index in [9.17, 15) is 14.4 Å². The number of nitrogens with zero attached hydrogens (tertiary/aromatic N) is 1. The molecule has 1 rings (SSSR count). The summed E-state index contributed by atoms with van der Waals surface area (Å²) in [5, 5.41) is 0.374. The predicted molar refractivity (Wildman–Crippen MR) is 67.4 cm³/mol. The van der Waals surface area contributed by atoms with Crippen LogP contribution >= 0.6 is 11.6 Å². The number of primary amides is 2. The molecule has 2 amide bonds. The number of carbonyl (C=O) groups excluding carboxylic acids is 3. The Balaban J connectivity index is 3.14. The Morgan fingerprint density at radius 1 is 1.22 bits per heavy atom. The van der Waals surface area contributed by atoms with Gasteiger partial charge in [-0.15, -0.1) is 0 Å². The third-order valence-corrected chi connectivity index (χ3v) is 2.39. The molecular weight excluding hydrogens is 258 g/mol. The zero-order valence-electron chi connectivity index (χ0n) is 9.43. The molecule has 18 heavy (non-hydrogen) atoms. The molecule has 96 valence electrons. The first kappa shape index (κ1) is 14.0. The molecule has 0 spiro atoms. The van der Waals surface area contributed by atoms with Crippen LogP contribution in [0.15, 0.2) is 18.2 Å². The van der Waals surface area contributed by atoms with Gasteiger partial charge in [0.25, 0.3) is 0 Å². The number of hydrogen-bond donors (Lipinski definition) is 2. The third kappa shape index (κ3) is 3.74. The maximum atomic E-state index is 10.9. The highest BCUT2D eigenvalue weighted by Gasteiger charge is 2.15. The average molecular weight is 270 g/mol. The van der Waals surface area contributed by atoms with Crippen LogP contribution in [0.1, 0.15) is 10.4 Å². The second kappa shape index (κ2) is 6.02. The maximum absolute atomic E-state index is 10.9. The highest BCUT2D eigenvalue weighted by atomic mass is 35.5. The van der Waals surface area contributed by atoms with Crippen LogP contribution in [0.25, 0.3) is 0 Å². The van der Waals surface area contributed by atoms with E-state index in [0.717, 1.165) is 0 Å². The highest BCUT2D eigenvalue weighted by Crippen LogP contribution is 2.22. The minimum atomic E-state index is -0.636. The van der Waals surface area contributed by atoms with Gasteiger partial charge in [0, 0.05) is 16.3 Å². The number of amides is 2. The molecule has 7 heteroatoms. The molecule has 0 atom stereocenters. The fraction of sp³-hybridized carbons (Fsp3) is 0.182. The Morgan fingerprint density at radius 3 is 2.22 bits per heavy atom. The van der Waals surface area contributed by atoms with Gasteiger partial charge in [-0.25, -0.2) is 0 Å². The van der Waals surface area contributed by atoms with E-state index in [1.165, 1.54) is 17.0 Å². The molecule has 0 aliphatic carbocycles. The molecule has 4 N–H and O–H groups in total. The number of anilines is 1. The molecule has 0 fully saturated rings. The normalized spacial score (nSPS) is 9.83. The number of nitrogens with two attached hydrogens (primary N) is 2. The molecule has 1 aromatic rings. The van der Waals surface area contributed by atoms with Crippen molar-refractivity contribution in [2.24, 2.45) is 11.5 Å². The molecule has 0 radical (unpaired) electrons. The van der Waals surface area contributed by atoms with Gasteiger partial charge in [-0.1, -0.05) is 11.6 Å². The van der Waals surface area contributed by atoms with Crippen LogP contribution in [-0.2, 0) is 9.59 Å². The molecule has 0 unspecified atom stereocenters. The molecule has 0 bridgehead atoms. The van der Waals surface area contributed by atoms with E-state index in [2.05, 4.69) is 0 Å². The van der Waals surface area contributed by atoms with E-state index in [1.807, 2.05) is 0 Å². The lowest BCUT2D eigenvalue weighted by molar-refractivity contribution is -0.117.